The number of para-hydroxylation sites is 1. The molecule has 0 aliphatic heterocycles. The Kier molecular flexibility index (Phi) is 4.81. The summed E-state index contributed by atoms with van der Waals surface area (Å²) in [4.78, 5) is 12.9. The van der Waals surface area contributed by atoms with Crippen molar-refractivity contribution >= 4 is 31.6 Å². The first-order valence-electron chi connectivity index (χ1n) is 7.85. The Morgan fingerprint density at radius 1 is 1.04 bits per heavy atom. The highest BCUT2D eigenvalue weighted by molar-refractivity contribution is 9.10. The average molecular weight is 436 g/mol. The number of hydrogen-bond donors (Lipinski definition) is 1. The second-order valence-electron chi connectivity index (χ2n) is 5.98. The fraction of sp³-hybridized carbons (Fsp3) is 0.167. The molecule has 6 nitrogen and oxygen atoms in total. The maximum absolute atomic E-state index is 12.9. The third-order valence-corrected chi connectivity index (χ3v) is 6.49. The largest absolute Gasteiger partial charge is 0.296 e. The van der Waals surface area contributed by atoms with Crippen molar-refractivity contribution in [1.29, 1.82) is 0 Å². The van der Waals surface area contributed by atoms with Gasteiger partial charge in [-0.1, -0.05) is 24.3 Å². The van der Waals surface area contributed by atoms with Crippen LogP contribution in [0.4, 0.5) is 5.69 Å². The molecule has 0 atom stereocenters. The van der Waals surface area contributed by atoms with Gasteiger partial charge in [0.15, 0.2) is 0 Å². The minimum absolute atomic E-state index is 0.0313. The lowest BCUT2D eigenvalue weighted by molar-refractivity contribution is 0.600. The smallest absolute Gasteiger partial charge is 0.283 e. The predicted molar refractivity (Wildman–Crippen MR) is 105 cm³/mol. The zero-order valence-corrected chi connectivity index (χ0v) is 16.9. The lowest BCUT2D eigenvalue weighted by Crippen LogP contribution is -2.23. The number of anilines is 1. The van der Waals surface area contributed by atoms with Gasteiger partial charge < -0.3 is 0 Å². The Hall–Kier alpha value is -2.32. The Labute approximate surface area is 160 Å². The number of nitrogens with one attached hydrogen (secondary N) is 1. The number of halogens is 1. The van der Waals surface area contributed by atoms with Crippen molar-refractivity contribution in [1.82, 2.24) is 9.36 Å². The molecule has 26 heavy (non-hydrogen) atoms. The summed E-state index contributed by atoms with van der Waals surface area (Å²) in [5.74, 6) is 0. The van der Waals surface area contributed by atoms with Crippen LogP contribution < -0.4 is 10.3 Å². The van der Waals surface area contributed by atoms with Crippen LogP contribution in [-0.4, -0.2) is 17.8 Å². The fourth-order valence-corrected chi connectivity index (χ4v) is 5.01. The number of nitrogens with zero attached hydrogens (tertiary/aromatic N) is 2. The molecule has 0 fully saturated rings. The zero-order valence-electron chi connectivity index (χ0n) is 14.5. The van der Waals surface area contributed by atoms with E-state index in [2.05, 4.69) is 20.7 Å². The quantitative estimate of drug-likeness (QED) is 0.682. The summed E-state index contributed by atoms with van der Waals surface area (Å²) in [6.07, 6.45) is 0. The van der Waals surface area contributed by atoms with Crippen LogP contribution in [0.3, 0.4) is 0 Å². The van der Waals surface area contributed by atoms with Gasteiger partial charge in [0.25, 0.3) is 15.6 Å². The molecule has 136 valence electrons. The van der Waals surface area contributed by atoms with Crippen molar-refractivity contribution in [3.63, 3.8) is 0 Å². The SMILES string of the molecule is Cc1ccc(S(=O)(=O)Nc2c(C)n(C)n(-c3ccccc3)c2=O)c(Br)c1. The summed E-state index contributed by atoms with van der Waals surface area (Å²) in [6, 6.07) is 14.0. The van der Waals surface area contributed by atoms with E-state index in [9.17, 15) is 13.2 Å². The molecule has 3 aromatic rings. The van der Waals surface area contributed by atoms with Gasteiger partial charge in [-0.2, -0.15) is 0 Å². The molecule has 8 heteroatoms. The van der Waals surface area contributed by atoms with Crippen molar-refractivity contribution in [3.05, 3.63) is 74.6 Å². The van der Waals surface area contributed by atoms with Gasteiger partial charge in [0.05, 0.1) is 11.4 Å². The van der Waals surface area contributed by atoms with Crippen molar-refractivity contribution in [2.45, 2.75) is 18.7 Å². The number of hydrogen-bond acceptors (Lipinski definition) is 3. The van der Waals surface area contributed by atoms with Crippen LogP contribution in [0.25, 0.3) is 5.69 Å². The average Bonchev–Trinajstić information content (AvgIpc) is 2.78. The molecule has 2 aromatic carbocycles. The molecule has 0 bridgehead atoms. The number of aromatic nitrogens is 2. The monoisotopic (exact) mass is 435 g/mol. The summed E-state index contributed by atoms with van der Waals surface area (Å²) >= 11 is 3.28. The lowest BCUT2D eigenvalue weighted by atomic mass is 10.2. The van der Waals surface area contributed by atoms with Crippen LogP contribution >= 0.6 is 15.9 Å². The normalized spacial score (nSPS) is 11.5. The van der Waals surface area contributed by atoms with Crippen molar-refractivity contribution in [2.24, 2.45) is 7.05 Å². The molecule has 1 heterocycles. The minimum Gasteiger partial charge on any atom is -0.283 e. The van der Waals surface area contributed by atoms with Crippen molar-refractivity contribution in [3.8, 4) is 5.69 Å². The first-order chi connectivity index (χ1) is 12.2. The second-order valence-corrected chi connectivity index (χ2v) is 8.48. The van der Waals surface area contributed by atoms with E-state index in [4.69, 9.17) is 0 Å². The van der Waals surface area contributed by atoms with Crippen LogP contribution in [0.1, 0.15) is 11.3 Å². The summed E-state index contributed by atoms with van der Waals surface area (Å²) in [7, 11) is -2.20. The van der Waals surface area contributed by atoms with Gasteiger partial charge >= 0.3 is 0 Å². The molecule has 0 saturated heterocycles. The van der Waals surface area contributed by atoms with Crippen LogP contribution in [0.15, 0.2) is 62.7 Å². The highest BCUT2D eigenvalue weighted by Gasteiger charge is 2.24. The highest BCUT2D eigenvalue weighted by atomic mass is 79.9. The summed E-state index contributed by atoms with van der Waals surface area (Å²) in [5.41, 5.74) is 1.71. The molecule has 0 aliphatic rings. The molecular formula is C18H18BrN3O3S. The predicted octanol–water partition coefficient (Wildman–Crippen LogP) is 3.36. The third kappa shape index (κ3) is 3.22. The van der Waals surface area contributed by atoms with Crippen LogP contribution in [-0.2, 0) is 17.1 Å². The van der Waals surface area contributed by atoms with Gasteiger partial charge in [-0.25, -0.2) is 13.1 Å². The lowest BCUT2D eigenvalue weighted by Gasteiger charge is -2.09. The van der Waals surface area contributed by atoms with E-state index in [1.807, 2.05) is 25.1 Å². The van der Waals surface area contributed by atoms with E-state index in [-0.39, 0.29) is 10.6 Å². The van der Waals surface area contributed by atoms with Crippen molar-refractivity contribution < 1.29 is 8.42 Å². The van der Waals surface area contributed by atoms with Gasteiger partial charge in [-0.05, 0) is 59.6 Å². The van der Waals surface area contributed by atoms with Crippen LogP contribution in [0.2, 0.25) is 0 Å². The second kappa shape index (κ2) is 6.77. The molecular weight excluding hydrogens is 418 g/mol. The minimum atomic E-state index is -3.91. The maximum atomic E-state index is 12.9. The fourth-order valence-electron chi connectivity index (χ4n) is 2.70. The standard InChI is InChI=1S/C18H18BrN3O3S/c1-12-9-10-16(15(19)11-12)26(24,25)20-17-13(2)21(3)22(18(17)23)14-7-5-4-6-8-14/h4-11,20H,1-3H3. The van der Waals surface area contributed by atoms with Crippen LogP contribution in [0, 0.1) is 13.8 Å². The van der Waals surface area contributed by atoms with Crippen molar-refractivity contribution in [2.75, 3.05) is 4.72 Å². The van der Waals surface area contributed by atoms with Gasteiger partial charge in [0.2, 0.25) is 0 Å². The van der Waals surface area contributed by atoms with E-state index >= 15 is 0 Å². The van der Waals surface area contributed by atoms with E-state index in [1.165, 1.54) is 10.7 Å². The van der Waals surface area contributed by atoms with Gasteiger partial charge in [-0.3, -0.25) is 14.2 Å². The van der Waals surface area contributed by atoms with E-state index in [0.717, 1.165) is 5.56 Å². The Morgan fingerprint density at radius 2 is 1.69 bits per heavy atom. The van der Waals surface area contributed by atoms with E-state index in [1.54, 1.807) is 42.9 Å². The summed E-state index contributed by atoms with van der Waals surface area (Å²) in [5, 5.41) is 0. The Bertz CT molecular complexity index is 1130. The van der Waals surface area contributed by atoms with Gasteiger partial charge in [0.1, 0.15) is 10.6 Å². The topological polar surface area (TPSA) is 73.1 Å². The zero-order chi connectivity index (χ0) is 19.1. The van der Waals surface area contributed by atoms with Crippen LogP contribution in [0.5, 0.6) is 0 Å². The van der Waals surface area contributed by atoms with Gasteiger partial charge in [0, 0.05) is 11.5 Å². The number of aryl methyl sites for hydroxylation is 1. The number of rotatable bonds is 4. The van der Waals surface area contributed by atoms with E-state index in [0.29, 0.717) is 15.9 Å². The third-order valence-electron chi connectivity index (χ3n) is 4.17. The first kappa shape index (κ1) is 18.5. The molecule has 3 rings (SSSR count). The summed E-state index contributed by atoms with van der Waals surface area (Å²) in [6.45, 7) is 3.57. The molecule has 0 aliphatic carbocycles. The molecule has 0 radical (unpaired) electrons. The Balaban J connectivity index is 2.10. The van der Waals surface area contributed by atoms with E-state index < -0.39 is 15.6 Å². The molecule has 0 unspecified atom stereocenters. The first-order valence-corrected chi connectivity index (χ1v) is 10.1. The molecule has 0 spiro atoms. The molecule has 0 saturated carbocycles. The molecule has 1 N–H and O–H groups in total. The summed E-state index contributed by atoms with van der Waals surface area (Å²) < 4.78 is 31.5. The Morgan fingerprint density at radius 3 is 2.31 bits per heavy atom. The number of benzene rings is 2. The molecule has 1 aromatic heterocycles. The van der Waals surface area contributed by atoms with Gasteiger partial charge in [-0.15, -0.1) is 0 Å². The highest BCUT2D eigenvalue weighted by Crippen LogP contribution is 2.25. The maximum Gasteiger partial charge on any atom is 0.296 e. The number of sulfonamides is 1. The molecule has 0 amide bonds.